The summed E-state index contributed by atoms with van der Waals surface area (Å²) in [6.07, 6.45) is 0.847. The molecule has 0 aliphatic carbocycles. The smallest absolute Gasteiger partial charge is 0.773 e. The minimum Gasteiger partial charge on any atom is -0.773 e. The summed E-state index contributed by atoms with van der Waals surface area (Å²) < 4.78 is 32.4. The zero-order chi connectivity index (χ0) is 12.1. The van der Waals surface area contributed by atoms with Crippen LogP contribution in [0.1, 0.15) is 33.6 Å². The summed E-state index contributed by atoms with van der Waals surface area (Å²) in [5.74, 6) is -0.597. The maximum absolute atomic E-state index is 11.4. The molecule has 0 heterocycles. The van der Waals surface area contributed by atoms with Gasteiger partial charge in [0, 0.05) is 5.75 Å². The number of esters is 1. The van der Waals surface area contributed by atoms with Gasteiger partial charge < -0.3 is 18.4 Å². The van der Waals surface area contributed by atoms with Crippen LogP contribution in [0.25, 0.3) is 0 Å². The second kappa shape index (κ2) is 8.44. The van der Waals surface area contributed by atoms with Crippen molar-refractivity contribution in [2.45, 2.75) is 33.6 Å². The van der Waals surface area contributed by atoms with Crippen molar-refractivity contribution in [3.8, 4) is 0 Å². The SMILES string of the molecule is CCC(C)(C)C(=O)OCCCS([O-])(O)O.[K+]. The number of carbonyl (C=O) groups excluding carboxylic acids is 1. The van der Waals surface area contributed by atoms with Gasteiger partial charge in [-0.2, -0.15) is 0 Å². The molecule has 0 saturated heterocycles. The Hall–Kier alpha value is 1.34. The molecule has 0 radical (unpaired) electrons. The van der Waals surface area contributed by atoms with E-state index in [0.29, 0.717) is 6.42 Å². The Morgan fingerprint density at radius 3 is 2.31 bits per heavy atom. The average Bonchev–Trinajstić information content (AvgIpc) is 2.10. The molecule has 0 aromatic heterocycles. The van der Waals surface area contributed by atoms with Crippen molar-refractivity contribution in [3.63, 3.8) is 0 Å². The third kappa shape index (κ3) is 9.38. The molecule has 0 aromatic rings. The van der Waals surface area contributed by atoms with Gasteiger partial charge in [-0.1, -0.05) is 6.92 Å². The van der Waals surface area contributed by atoms with Gasteiger partial charge in [0.2, 0.25) is 0 Å². The summed E-state index contributed by atoms with van der Waals surface area (Å²) in [6, 6.07) is 0. The van der Waals surface area contributed by atoms with E-state index in [9.17, 15) is 9.35 Å². The monoisotopic (exact) mass is 278 g/mol. The zero-order valence-electron chi connectivity index (χ0n) is 10.4. The van der Waals surface area contributed by atoms with Crippen LogP contribution in [0.15, 0.2) is 0 Å². The van der Waals surface area contributed by atoms with Crippen LogP contribution < -0.4 is 51.4 Å². The van der Waals surface area contributed by atoms with Gasteiger partial charge in [0.25, 0.3) is 0 Å². The van der Waals surface area contributed by atoms with Crippen molar-refractivity contribution in [2.75, 3.05) is 12.4 Å². The largest absolute Gasteiger partial charge is 1.00 e. The summed E-state index contributed by atoms with van der Waals surface area (Å²) in [5, 5.41) is 0. The molecule has 2 N–H and O–H groups in total. The van der Waals surface area contributed by atoms with Gasteiger partial charge in [0.1, 0.15) is 0 Å². The summed E-state index contributed by atoms with van der Waals surface area (Å²) in [4.78, 5) is 11.4. The van der Waals surface area contributed by atoms with E-state index < -0.39 is 16.3 Å². The summed E-state index contributed by atoms with van der Waals surface area (Å²) in [6.45, 7) is 5.49. The van der Waals surface area contributed by atoms with E-state index in [-0.39, 0.29) is 76.1 Å². The molecule has 0 bridgehead atoms. The van der Waals surface area contributed by atoms with Gasteiger partial charge in [-0.15, -0.1) is 10.9 Å². The van der Waals surface area contributed by atoms with E-state index in [1.54, 1.807) is 13.8 Å². The molecule has 0 rings (SSSR count). The Bertz CT molecular complexity index is 214. The first-order valence-electron chi connectivity index (χ1n) is 4.83. The predicted octanol–water partition coefficient (Wildman–Crippen LogP) is -0.759. The van der Waals surface area contributed by atoms with Crippen molar-refractivity contribution in [1.82, 2.24) is 0 Å². The molecule has 0 atom stereocenters. The molecule has 0 amide bonds. The van der Waals surface area contributed by atoms with E-state index in [4.69, 9.17) is 13.8 Å². The van der Waals surface area contributed by atoms with Crippen LogP contribution in [0.4, 0.5) is 0 Å². The molecule has 0 aliphatic heterocycles. The zero-order valence-corrected chi connectivity index (χ0v) is 14.3. The number of hydrogen-bond donors (Lipinski definition) is 2. The second-order valence-electron chi connectivity index (χ2n) is 4.04. The average molecular weight is 278 g/mol. The van der Waals surface area contributed by atoms with E-state index >= 15 is 0 Å². The van der Waals surface area contributed by atoms with Gasteiger partial charge in [-0.3, -0.25) is 4.79 Å². The fourth-order valence-electron chi connectivity index (χ4n) is 0.752. The van der Waals surface area contributed by atoms with Crippen LogP contribution >= 0.6 is 10.9 Å². The summed E-state index contributed by atoms with van der Waals surface area (Å²) in [5.41, 5.74) is -0.528. The van der Waals surface area contributed by atoms with Crippen molar-refractivity contribution >= 4 is 16.8 Å². The third-order valence-electron chi connectivity index (χ3n) is 2.22. The van der Waals surface area contributed by atoms with Crippen LogP contribution in [0, 0.1) is 5.41 Å². The molecule has 0 aromatic carbocycles. The fraction of sp³-hybridized carbons (Fsp3) is 0.889. The third-order valence-corrected chi connectivity index (χ3v) is 3.04. The first-order chi connectivity index (χ1) is 6.69. The number of rotatable bonds is 6. The maximum Gasteiger partial charge on any atom is 1.00 e. The first kappa shape index (κ1) is 19.7. The van der Waals surface area contributed by atoms with Crippen molar-refractivity contribution in [1.29, 1.82) is 0 Å². The van der Waals surface area contributed by atoms with E-state index in [1.807, 2.05) is 6.92 Å². The van der Waals surface area contributed by atoms with Crippen LogP contribution in [0.5, 0.6) is 0 Å². The van der Waals surface area contributed by atoms with Gasteiger partial charge in [-0.05, 0) is 26.7 Å². The Kier molecular flexibility index (Phi) is 10.4. The Balaban J connectivity index is 0. The minimum atomic E-state index is -3.70. The van der Waals surface area contributed by atoms with E-state index in [1.165, 1.54) is 0 Å². The minimum absolute atomic E-state index is 0. The quantitative estimate of drug-likeness (QED) is 0.379. The van der Waals surface area contributed by atoms with Crippen LogP contribution in [0.2, 0.25) is 0 Å². The Morgan fingerprint density at radius 1 is 1.44 bits per heavy atom. The topological polar surface area (TPSA) is 89.8 Å². The molecule has 0 spiro atoms. The summed E-state index contributed by atoms with van der Waals surface area (Å²) >= 11 is 0. The molecule has 0 saturated carbocycles. The predicted molar refractivity (Wildman–Crippen MR) is 58.1 cm³/mol. The van der Waals surface area contributed by atoms with Gasteiger partial charge >= 0.3 is 57.4 Å². The number of hydrogen-bond acceptors (Lipinski definition) is 5. The van der Waals surface area contributed by atoms with Crippen LogP contribution in [-0.4, -0.2) is 32.0 Å². The fourth-order valence-corrected chi connectivity index (χ4v) is 1.25. The normalized spacial score (nSPS) is 12.9. The van der Waals surface area contributed by atoms with Crippen molar-refractivity contribution < 1.29 is 74.6 Å². The standard InChI is InChI=1S/C9H20O5S.K/c1-4-9(2,3)8(10)14-6-5-7-15(11,12)13;/h11-13H,4-7H2,1-3H3;/q;+1/p-1. The van der Waals surface area contributed by atoms with Gasteiger partial charge in [0.05, 0.1) is 12.0 Å². The van der Waals surface area contributed by atoms with Crippen LogP contribution in [0.3, 0.4) is 0 Å². The van der Waals surface area contributed by atoms with Gasteiger partial charge in [0.15, 0.2) is 0 Å². The van der Waals surface area contributed by atoms with Crippen molar-refractivity contribution in [3.05, 3.63) is 0 Å². The second-order valence-corrected chi connectivity index (χ2v) is 5.66. The first-order valence-corrected chi connectivity index (χ1v) is 6.47. The molecule has 0 unspecified atom stereocenters. The number of ether oxygens (including phenoxy) is 1. The molecule has 92 valence electrons. The van der Waals surface area contributed by atoms with E-state index in [0.717, 1.165) is 0 Å². The number of carbonyl (C=O) groups is 1. The Morgan fingerprint density at radius 2 is 1.94 bits per heavy atom. The molecule has 7 heteroatoms. The molecular weight excluding hydrogens is 259 g/mol. The molecule has 0 aliphatic rings. The molecule has 0 fully saturated rings. The van der Waals surface area contributed by atoms with E-state index in [2.05, 4.69) is 0 Å². The molecule has 16 heavy (non-hydrogen) atoms. The summed E-state index contributed by atoms with van der Waals surface area (Å²) in [7, 11) is -3.70. The van der Waals surface area contributed by atoms with Crippen molar-refractivity contribution in [2.24, 2.45) is 5.41 Å². The molecular formula is C9H19KO5S. The van der Waals surface area contributed by atoms with Crippen LogP contribution in [-0.2, 0) is 9.53 Å². The molecule has 5 nitrogen and oxygen atoms in total. The Labute approximate surface area is 141 Å². The maximum atomic E-state index is 11.4. The van der Waals surface area contributed by atoms with Gasteiger partial charge in [-0.25, -0.2) is 0 Å².